The summed E-state index contributed by atoms with van der Waals surface area (Å²) >= 11 is 0. The lowest BCUT2D eigenvalue weighted by Gasteiger charge is -2.31. The molecule has 0 aromatic carbocycles. The monoisotopic (exact) mass is 289 g/mol. The van der Waals surface area contributed by atoms with E-state index >= 15 is 0 Å². The third-order valence-electron chi connectivity index (χ3n) is 2.74. The predicted molar refractivity (Wildman–Crippen MR) is 79.9 cm³/mol. The Morgan fingerprint density at radius 1 is 0.900 bits per heavy atom. The van der Waals surface area contributed by atoms with Crippen LogP contribution in [0.15, 0.2) is 0 Å². The van der Waals surface area contributed by atoms with Crippen molar-refractivity contribution in [3.8, 4) is 0 Å². The number of rotatable bonds is 8. The maximum atomic E-state index is 11.8. The number of carbonyl (C=O) groups excluding carboxylic acids is 1. The molecular formula is C15H31NO4. The van der Waals surface area contributed by atoms with Gasteiger partial charge in [-0.2, -0.15) is 0 Å². The van der Waals surface area contributed by atoms with Crippen LogP contribution in [0.2, 0.25) is 0 Å². The molecule has 120 valence electrons. The lowest BCUT2D eigenvalue weighted by Crippen LogP contribution is -2.44. The third kappa shape index (κ3) is 10.2. The summed E-state index contributed by atoms with van der Waals surface area (Å²) < 4.78 is 16.2. The number of ether oxygens (including phenoxy) is 3. The number of amides is 1. The molecule has 20 heavy (non-hydrogen) atoms. The molecule has 1 amide bonds. The van der Waals surface area contributed by atoms with Crippen LogP contribution in [0.1, 0.15) is 41.5 Å². The summed E-state index contributed by atoms with van der Waals surface area (Å²) in [5.41, 5.74) is -0.314. The van der Waals surface area contributed by atoms with E-state index in [4.69, 9.17) is 14.2 Å². The number of nitrogens with zero attached hydrogens (tertiary/aromatic N) is 1. The summed E-state index contributed by atoms with van der Waals surface area (Å²) in [6.45, 7) is 14.1. The molecule has 0 saturated heterocycles. The average Bonchev–Trinajstić information content (AvgIpc) is 2.28. The molecule has 0 aromatic heterocycles. The van der Waals surface area contributed by atoms with Gasteiger partial charge in [-0.3, -0.25) is 4.79 Å². The van der Waals surface area contributed by atoms with Gasteiger partial charge in [0, 0.05) is 12.6 Å². The van der Waals surface area contributed by atoms with E-state index in [1.807, 2.05) is 41.5 Å². The van der Waals surface area contributed by atoms with Crippen molar-refractivity contribution < 1.29 is 19.0 Å². The average molecular weight is 289 g/mol. The van der Waals surface area contributed by atoms with Gasteiger partial charge in [-0.15, -0.1) is 0 Å². The van der Waals surface area contributed by atoms with Gasteiger partial charge in [-0.05, 0) is 41.5 Å². The molecule has 0 spiro atoms. The first-order chi connectivity index (χ1) is 9.04. The van der Waals surface area contributed by atoms with Crippen LogP contribution in [0, 0.1) is 0 Å². The first kappa shape index (κ1) is 19.4. The molecule has 5 nitrogen and oxygen atoms in total. The Hall–Kier alpha value is -0.650. The van der Waals surface area contributed by atoms with Crippen molar-refractivity contribution in [2.75, 3.05) is 40.1 Å². The van der Waals surface area contributed by atoms with Crippen LogP contribution in [0.4, 0.5) is 0 Å². The second kappa shape index (κ2) is 8.60. The molecule has 0 heterocycles. The van der Waals surface area contributed by atoms with Crippen LogP contribution in [-0.2, 0) is 19.0 Å². The van der Waals surface area contributed by atoms with Crippen LogP contribution in [-0.4, -0.2) is 62.0 Å². The topological polar surface area (TPSA) is 48.0 Å². The second-order valence-electron chi connectivity index (χ2n) is 6.75. The maximum Gasteiger partial charge on any atom is 0.248 e. The summed E-state index contributed by atoms with van der Waals surface area (Å²) in [7, 11) is 1.78. The van der Waals surface area contributed by atoms with E-state index in [1.54, 1.807) is 11.9 Å². The van der Waals surface area contributed by atoms with E-state index in [0.717, 1.165) is 0 Å². The van der Waals surface area contributed by atoms with Crippen molar-refractivity contribution in [2.24, 2.45) is 0 Å². The molecular weight excluding hydrogens is 258 g/mol. The first-order valence-corrected chi connectivity index (χ1v) is 7.10. The van der Waals surface area contributed by atoms with Crippen molar-refractivity contribution in [1.29, 1.82) is 0 Å². The minimum Gasteiger partial charge on any atom is -0.377 e. The Morgan fingerprint density at radius 3 is 1.90 bits per heavy atom. The van der Waals surface area contributed by atoms with Gasteiger partial charge in [-0.25, -0.2) is 0 Å². The number of hydrogen-bond donors (Lipinski definition) is 0. The van der Waals surface area contributed by atoms with Crippen molar-refractivity contribution in [1.82, 2.24) is 4.90 Å². The Morgan fingerprint density at radius 2 is 1.40 bits per heavy atom. The highest BCUT2D eigenvalue weighted by Gasteiger charge is 2.21. The molecule has 0 radical (unpaired) electrons. The van der Waals surface area contributed by atoms with Gasteiger partial charge in [0.25, 0.3) is 0 Å². The zero-order valence-electron chi connectivity index (χ0n) is 14.1. The fourth-order valence-corrected chi connectivity index (χ4v) is 1.26. The van der Waals surface area contributed by atoms with Crippen molar-refractivity contribution in [2.45, 2.75) is 52.7 Å². The Balaban J connectivity index is 3.52. The molecule has 0 aliphatic rings. The summed E-state index contributed by atoms with van der Waals surface area (Å²) in [5, 5.41) is 0. The smallest absolute Gasteiger partial charge is 0.248 e. The van der Waals surface area contributed by atoms with E-state index in [-0.39, 0.29) is 23.7 Å². The molecule has 0 saturated carbocycles. The number of likely N-dealkylation sites (N-methyl/N-ethyl adjacent to an activating group) is 1. The lowest BCUT2D eigenvalue weighted by molar-refractivity contribution is -0.139. The highest BCUT2D eigenvalue weighted by molar-refractivity contribution is 5.77. The normalized spacial score (nSPS) is 12.6. The SMILES string of the molecule is CN(C(=O)COCCOCCOC(C)(C)C)C(C)(C)C. The third-order valence-corrected chi connectivity index (χ3v) is 2.74. The quantitative estimate of drug-likeness (QED) is 0.642. The minimum atomic E-state index is -0.179. The van der Waals surface area contributed by atoms with E-state index in [1.165, 1.54) is 0 Å². The zero-order chi connectivity index (χ0) is 15.8. The molecule has 0 rings (SSSR count). The molecule has 0 bridgehead atoms. The van der Waals surface area contributed by atoms with Crippen LogP contribution >= 0.6 is 0 Å². The molecule has 0 unspecified atom stereocenters. The second-order valence-corrected chi connectivity index (χ2v) is 6.75. The summed E-state index contributed by atoms with van der Waals surface area (Å²) in [6, 6.07) is 0. The van der Waals surface area contributed by atoms with Gasteiger partial charge in [0.2, 0.25) is 5.91 Å². The lowest BCUT2D eigenvalue weighted by atomic mass is 10.1. The fourth-order valence-electron chi connectivity index (χ4n) is 1.26. The highest BCUT2D eigenvalue weighted by atomic mass is 16.5. The molecule has 5 heteroatoms. The summed E-state index contributed by atoms with van der Waals surface area (Å²) in [6.07, 6.45) is 0. The van der Waals surface area contributed by atoms with Crippen LogP contribution in [0.5, 0.6) is 0 Å². The van der Waals surface area contributed by atoms with Crippen LogP contribution < -0.4 is 0 Å². The largest absolute Gasteiger partial charge is 0.377 e. The van der Waals surface area contributed by atoms with Crippen LogP contribution in [0.3, 0.4) is 0 Å². The molecule has 0 aliphatic heterocycles. The predicted octanol–water partition coefficient (Wildman–Crippen LogP) is 2.09. The standard InChI is InChI=1S/C15H31NO4/c1-14(2,3)16(7)13(17)12-19-9-8-18-10-11-20-15(4,5)6/h8-12H2,1-7H3. The molecule has 0 N–H and O–H groups in total. The van der Waals surface area contributed by atoms with Gasteiger partial charge < -0.3 is 19.1 Å². The first-order valence-electron chi connectivity index (χ1n) is 7.10. The van der Waals surface area contributed by atoms with Crippen molar-refractivity contribution in [3.05, 3.63) is 0 Å². The summed E-state index contributed by atoms with van der Waals surface area (Å²) in [4.78, 5) is 13.5. The Bertz CT molecular complexity index is 279. The van der Waals surface area contributed by atoms with E-state index in [0.29, 0.717) is 26.4 Å². The van der Waals surface area contributed by atoms with E-state index < -0.39 is 0 Å². The molecule has 0 atom stereocenters. The maximum absolute atomic E-state index is 11.8. The fraction of sp³-hybridized carbons (Fsp3) is 0.933. The van der Waals surface area contributed by atoms with Crippen molar-refractivity contribution >= 4 is 5.91 Å². The Labute approximate surface area is 123 Å². The highest BCUT2D eigenvalue weighted by Crippen LogP contribution is 2.10. The van der Waals surface area contributed by atoms with Gasteiger partial charge in [0.1, 0.15) is 6.61 Å². The van der Waals surface area contributed by atoms with E-state index in [2.05, 4.69) is 0 Å². The van der Waals surface area contributed by atoms with Gasteiger partial charge in [0.15, 0.2) is 0 Å². The Kier molecular flexibility index (Phi) is 8.32. The van der Waals surface area contributed by atoms with E-state index in [9.17, 15) is 4.79 Å². The van der Waals surface area contributed by atoms with Gasteiger partial charge >= 0.3 is 0 Å². The number of hydrogen-bond acceptors (Lipinski definition) is 4. The molecule has 0 fully saturated rings. The minimum absolute atomic E-state index is 0.0198. The number of carbonyl (C=O) groups is 1. The zero-order valence-corrected chi connectivity index (χ0v) is 14.1. The van der Waals surface area contributed by atoms with Crippen LogP contribution in [0.25, 0.3) is 0 Å². The molecule has 0 aliphatic carbocycles. The van der Waals surface area contributed by atoms with Crippen molar-refractivity contribution in [3.63, 3.8) is 0 Å². The van der Waals surface area contributed by atoms with Gasteiger partial charge in [-0.1, -0.05) is 0 Å². The van der Waals surface area contributed by atoms with Gasteiger partial charge in [0.05, 0.1) is 32.0 Å². The molecule has 0 aromatic rings. The summed E-state index contributed by atoms with van der Waals surface area (Å²) in [5.74, 6) is -0.0198.